The predicted molar refractivity (Wildman–Crippen MR) is 47.9 cm³/mol. The Morgan fingerprint density at radius 3 is 2.00 bits per heavy atom. The fourth-order valence-corrected chi connectivity index (χ4v) is 3.84. The first-order chi connectivity index (χ1) is 6.16. The average molecular weight is 248 g/mol. The van der Waals surface area contributed by atoms with Gasteiger partial charge < -0.3 is 0 Å². The zero-order chi connectivity index (χ0) is 11.0. The van der Waals surface area contributed by atoms with Crippen molar-refractivity contribution >= 4 is 20.4 Å². The van der Waals surface area contributed by atoms with Crippen molar-refractivity contribution < 1.29 is 25.2 Å². The summed E-state index contributed by atoms with van der Waals surface area (Å²) >= 11 is 0. The molecule has 0 saturated heterocycles. The summed E-state index contributed by atoms with van der Waals surface area (Å²) in [5, 5.41) is 2.60. The molecule has 0 aromatic rings. The van der Waals surface area contributed by atoms with Gasteiger partial charge in [-0.2, -0.15) is 21.6 Å². The van der Waals surface area contributed by atoms with Gasteiger partial charge in [-0.1, -0.05) is 22.5 Å². The van der Waals surface area contributed by atoms with Crippen LogP contribution in [0.15, 0.2) is 23.0 Å². The van der Waals surface area contributed by atoms with Crippen LogP contribution in [0.4, 0.5) is 13.2 Å². The van der Waals surface area contributed by atoms with E-state index in [0.29, 0.717) is 0 Å². The molecule has 14 heavy (non-hydrogen) atoms. The molecule has 1 heterocycles. The number of hydrogen-bond donors (Lipinski definition) is 0. The smallest absolute Gasteiger partial charge is 0.206 e. The molecule has 0 amide bonds. The molecule has 0 aromatic carbocycles. The quantitative estimate of drug-likeness (QED) is 0.704. The highest BCUT2D eigenvalue weighted by Gasteiger charge is 2.49. The molecule has 0 radical (unpaired) electrons. The third-order valence-corrected chi connectivity index (χ3v) is 5.18. The Morgan fingerprint density at radius 1 is 1.21 bits per heavy atom. The van der Waals surface area contributed by atoms with Gasteiger partial charge in [0.05, 0.1) is 0 Å². The monoisotopic (exact) mass is 248 g/mol. The first kappa shape index (κ1) is 11.6. The third kappa shape index (κ3) is 2.31. The Labute approximate surface area is 80.9 Å². The second-order valence-electron chi connectivity index (χ2n) is 2.59. The van der Waals surface area contributed by atoms with Crippen molar-refractivity contribution in [1.82, 2.24) is 0 Å². The number of halogens is 3. The Balaban J connectivity index is 2.90. The van der Waals surface area contributed by atoms with Crippen molar-refractivity contribution in [3.63, 3.8) is 0 Å². The van der Waals surface area contributed by atoms with E-state index in [0.717, 1.165) is 0 Å². The molecule has 0 spiro atoms. The average Bonchev–Trinajstić information content (AvgIpc) is 2.31. The summed E-state index contributed by atoms with van der Waals surface area (Å²) < 4.78 is 61.1. The van der Waals surface area contributed by atoms with Gasteiger partial charge >= 0.3 is 15.6 Å². The second-order valence-corrected chi connectivity index (χ2v) is 6.98. The Bertz CT molecular complexity index is 368. The van der Waals surface area contributed by atoms with Crippen LogP contribution in [-0.2, 0) is 13.7 Å². The normalized spacial score (nSPS) is 22.6. The van der Waals surface area contributed by atoms with E-state index in [-0.39, 0.29) is 0 Å². The molecule has 0 unspecified atom stereocenters. The van der Waals surface area contributed by atoms with E-state index < -0.39 is 25.9 Å². The van der Waals surface area contributed by atoms with Crippen LogP contribution in [0.2, 0.25) is 0 Å². The Hall–Kier alpha value is -0.470. The van der Waals surface area contributed by atoms with Gasteiger partial charge in [0.15, 0.2) is 0 Å². The molecule has 0 bridgehead atoms. The minimum atomic E-state index is -5.51. The fourth-order valence-electron chi connectivity index (χ4n) is 0.725. The molecule has 0 saturated carbocycles. The molecular weight excluding hydrogens is 241 g/mol. The van der Waals surface area contributed by atoms with Crippen LogP contribution in [0.3, 0.4) is 0 Å². The highest BCUT2D eigenvalue weighted by atomic mass is 32.3. The lowest BCUT2D eigenvalue weighted by atomic mass is 10.6. The van der Waals surface area contributed by atoms with E-state index in [1.54, 1.807) is 0 Å². The maximum Gasteiger partial charge on any atom is 0.523 e. The molecule has 0 N–H and O–H groups in total. The summed E-state index contributed by atoms with van der Waals surface area (Å²) in [6, 6.07) is 0. The molecule has 82 valence electrons. The molecule has 0 aliphatic carbocycles. The van der Waals surface area contributed by atoms with Crippen molar-refractivity contribution in [3.05, 3.63) is 23.0 Å². The highest BCUT2D eigenvalue weighted by Crippen LogP contribution is 2.54. The molecule has 1 aliphatic rings. The van der Waals surface area contributed by atoms with Crippen LogP contribution in [0.1, 0.15) is 0 Å². The second kappa shape index (κ2) is 3.28. The molecule has 1 aliphatic heterocycles. The van der Waals surface area contributed by atoms with Crippen LogP contribution < -0.4 is 0 Å². The number of rotatable bonds is 2. The SMILES string of the molecule is CS1(OS(=O)(=O)C(F)(F)F)C=CC=C1. The number of alkyl halides is 3. The summed E-state index contributed by atoms with van der Waals surface area (Å²) in [5.74, 6) is 0. The Kier molecular flexibility index (Phi) is 2.72. The topological polar surface area (TPSA) is 43.4 Å². The predicted octanol–water partition coefficient (Wildman–Crippen LogP) is 2.24. The lowest BCUT2D eigenvalue weighted by Gasteiger charge is -2.25. The van der Waals surface area contributed by atoms with Gasteiger partial charge in [-0.3, -0.25) is 0 Å². The molecule has 0 aromatic heterocycles. The molecule has 8 heteroatoms. The van der Waals surface area contributed by atoms with Gasteiger partial charge in [0.25, 0.3) is 0 Å². The van der Waals surface area contributed by atoms with Crippen molar-refractivity contribution in [2.75, 3.05) is 6.26 Å². The first-order valence-electron chi connectivity index (χ1n) is 3.32. The fraction of sp³-hybridized carbons (Fsp3) is 0.333. The number of hydrogen-bond acceptors (Lipinski definition) is 3. The van der Waals surface area contributed by atoms with Crippen molar-refractivity contribution in [3.8, 4) is 0 Å². The number of allylic oxidation sites excluding steroid dienone is 2. The van der Waals surface area contributed by atoms with E-state index in [9.17, 15) is 21.6 Å². The van der Waals surface area contributed by atoms with E-state index in [1.807, 2.05) is 0 Å². The van der Waals surface area contributed by atoms with Crippen LogP contribution in [-0.4, -0.2) is 20.2 Å². The van der Waals surface area contributed by atoms with Crippen LogP contribution >= 0.6 is 10.3 Å². The molecule has 0 fully saturated rings. The van der Waals surface area contributed by atoms with Gasteiger partial charge in [-0.25, -0.2) is 3.63 Å². The van der Waals surface area contributed by atoms with Crippen molar-refractivity contribution in [2.45, 2.75) is 5.51 Å². The summed E-state index contributed by atoms with van der Waals surface area (Å²) in [6.45, 7) is 0. The van der Waals surface area contributed by atoms with Crippen LogP contribution in [0.5, 0.6) is 0 Å². The van der Waals surface area contributed by atoms with Gasteiger partial charge in [0.1, 0.15) is 0 Å². The molecule has 3 nitrogen and oxygen atoms in total. The maximum absolute atomic E-state index is 11.9. The molecule has 0 atom stereocenters. The zero-order valence-corrected chi connectivity index (χ0v) is 8.62. The van der Waals surface area contributed by atoms with E-state index >= 15 is 0 Å². The first-order valence-corrected chi connectivity index (χ1v) is 6.82. The van der Waals surface area contributed by atoms with Crippen LogP contribution in [0, 0.1) is 0 Å². The summed E-state index contributed by atoms with van der Waals surface area (Å²) in [5.41, 5.74) is -5.37. The van der Waals surface area contributed by atoms with Gasteiger partial charge in [-0.15, -0.1) is 0 Å². The minimum absolute atomic E-state index is 1.30. The van der Waals surface area contributed by atoms with Gasteiger partial charge in [0, 0.05) is 0 Å². The Morgan fingerprint density at radius 2 is 1.64 bits per heavy atom. The third-order valence-electron chi connectivity index (χ3n) is 1.33. The van der Waals surface area contributed by atoms with E-state index in [4.69, 9.17) is 0 Å². The highest BCUT2D eigenvalue weighted by molar-refractivity contribution is 8.37. The lowest BCUT2D eigenvalue weighted by Crippen LogP contribution is -2.25. The van der Waals surface area contributed by atoms with E-state index in [1.165, 1.54) is 29.2 Å². The van der Waals surface area contributed by atoms with E-state index in [2.05, 4.69) is 3.63 Å². The lowest BCUT2D eigenvalue weighted by molar-refractivity contribution is -0.0495. The standard InChI is InChI=1S/C6H7F3O3S2/c1-13(4-2-3-5-13)12-14(10,11)6(7,8)9/h2-5H,1H3. The zero-order valence-electron chi connectivity index (χ0n) is 6.98. The largest absolute Gasteiger partial charge is 0.523 e. The maximum atomic E-state index is 11.9. The van der Waals surface area contributed by atoms with Gasteiger partial charge in [-0.05, 0) is 17.1 Å². The summed E-state index contributed by atoms with van der Waals surface area (Å²) in [7, 11) is -7.92. The van der Waals surface area contributed by atoms with Crippen molar-refractivity contribution in [2.24, 2.45) is 0 Å². The summed E-state index contributed by atoms with van der Waals surface area (Å²) in [4.78, 5) is 0. The summed E-state index contributed by atoms with van der Waals surface area (Å²) in [6.07, 6.45) is 4.19. The minimum Gasteiger partial charge on any atom is -0.206 e. The molecular formula is C6H7F3O3S2. The van der Waals surface area contributed by atoms with Crippen molar-refractivity contribution in [1.29, 1.82) is 0 Å². The van der Waals surface area contributed by atoms with Crippen LogP contribution in [0.25, 0.3) is 0 Å². The van der Waals surface area contributed by atoms with Gasteiger partial charge in [0.2, 0.25) is 0 Å². The molecule has 1 rings (SSSR count).